The molecule has 1 aliphatic heterocycles. The molecular formula is C24H24ClN3O4S. The van der Waals surface area contributed by atoms with Gasteiger partial charge in [-0.3, -0.25) is 9.59 Å². The molecule has 1 aliphatic rings. The molecule has 33 heavy (non-hydrogen) atoms. The Labute approximate surface area is 201 Å². The van der Waals surface area contributed by atoms with Crippen molar-refractivity contribution in [1.82, 2.24) is 9.88 Å². The summed E-state index contributed by atoms with van der Waals surface area (Å²) in [5.41, 5.74) is 2.63. The Bertz CT molecular complexity index is 1130. The molecule has 2 heterocycles. The number of hydrogen-bond donors (Lipinski definition) is 1. The number of ether oxygens (including phenoxy) is 2. The normalized spacial score (nSPS) is 13.6. The number of nitrogens with one attached hydrogen (secondary N) is 1. The van der Waals surface area contributed by atoms with Gasteiger partial charge < -0.3 is 19.7 Å². The highest BCUT2D eigenvalue weighted by Crippen LogP contribution is 2.22. The van der Waals surface area contributed by atoms with Gasteiger partial charge >= 0.3 is 0 Å². The van der Waals surface area contributed by atoms with Crippen LogP contribution in [0.25, 0.3) is 0 Å². The van der Waals surface area contributed by atoms with E-state index >= 15 is 0 Å². The monoisotopic (exact) mass is 485 g/mol. The van der Waals surface area contributed by atoms with Crippen LogP contribution in [0.5, 0.6) is 5.75 Å². The van der Waals surface area contributed by atoms with Crippen LogP contribution in [-0.2, 0) is 22.6 Å². The summed E-state index contributed by atoms with van der Waals surface area (Å²) in [4.78, 5) is 31.8. The van der Waals surface area contributed by atoms with E-state index < -0.39 is 0 Å². The van der Waals surface area contributed by atoms with Gasteiger partial charge in [-0.25, -0.2) is 4.98 Å². The molecule has 7 nitrogen and oxygen atoms in total. The van der Waals surface area contributed by atoms with Crippen molar-refractivity contribution in [3.63, 3.8) is 0 Å². The smallest absolute Gasteiger partial charge is 0.254 e. The van der Waals surface area contributed by atoms with Gasteiger partial charge in [-0.1, -0.05) is 17.7 Å². The van der Waals surface area contributed by atoms with Gasteiger partial charge in [0.1, 0.15) is 17.4 Å². The van der Waals surface area contributed by atoms with Crippen molar-refractivity contribution < 1.29 is 19.1 Å². The van der Waals surface area contributed by atoms with Gasteiger partial charge in [0, 0.05) is 34.7 Å². The number of nitrogens with zero attached hydrogens (tertiary/aromatic N) is 2. The Morgan fingerprint density at radius 3 is 2.70 bits per heavy atom. The zero-order chi connectivity index (χ0) is 23.2. The van der Waals surface area contributed by atoms with Gasteiger partial charge in [-0.2, -0.15) is 0 Å². The van der Waals surface area contributed by atoms with Crippen molar-refractivity contribution in [1.29, 1.82) is 0 Å². The molecule has 1 fully saturated rings. The summed E-state index contributed by atoms with van der Waals surface area (Å²) >= 11 is 7.32. The number of benzene rings is 2. The van der Waals surface area contributed by atoms with Crippen molar-refractivity contribution >= 4 is 40.4 Å². The molecule has 9 heteroatoms. The van der Waals surface area contributed by atoms with Crippen LogP contribution in [0.15, 0.2) is 47.8 Å². The summed E-state index contributed by atoms with van der Waals surface area (Å²) in [6, 6.07) is 12.5. The lowest BCUT2D eigenvalue weighted by molar-refractivity contribution is -0.115. The van der Waals surface area contributed by atoms with E-state index in [1.807, 2.05) is 12.3 Å². The number of carbonyl (C=O) groups is 2. The molecule has 1 aromatic heterocycles. The molecule has 172 valence electrons. The molecule has 0 spiro atoms. The largest absolute Gasteiger partial charge is 0.486 e. The van der Waals surface area contributed by atoms with Crippen molar-refractivity contribution in [2.75, 3.05) is 31.6 Å². The lowest BCUT2D eigenvalue weighted by atomic mass is 10.0. The average molecular weight is 486 g/mol. The highest BCUT2D eigenvalue weighted by molar-refractivity contribution is 7.09. The summed E-state index contributed by atoms with van der Waals surface area (Å²) in [6.07, 6.45) is 0.137. The van der Waals surface area contributed by atoms with Gasteiger partial charge in [-0.05, 0) is 48.9 Å². The van der Waals surface area contributed by atoms with Gasteiger partial charge in [0.15, 0.2) is 0 Å². The third kappa shape index (κ3) is 6.10. The number of aromatic nitrogens is 1. The van der Waals surface area contributed by atoms with Crippen molar-refractivity contribution in [2.24, 2.45) is 0 Å². The molecule has 0 unspecified atom stereocenters. The van der Waals surface area contributed by atoms with E-state index in [9.17, 15) is 9.59 Å². The van der Waals surface area contributed by atoms with Gasteiger partial charge in [-0.15, -0.1) is 11.3 Å². The molecule has 2 amide bonds. The molecule has 0 saturated carbocycles. The third-order valence-electron chi connectivity index (χ3n) is 5.25. The molecule has 2 aromatic carbocycles. The Morgan fingerprint density at radius 2 is 1.94 bits per heavy atom. The first-order valence-electron chi connectivity index (χ1n) is 10.6. The van der Waals surface area contributed by atoms with Gasteiger partial charge in [0.05, 0.1) is 25.3 Å². The molecular weight excluding hydrogens is 462 g/mol. The van der Waals surface area contributed by atoms with E-state index in [1.54, 1.807) is 47.4 Å². The Balaban J connectivity index is 1.34. The van der Waals surface area contributed by atoms with Crippen LogP contribution in [0.3, 0.4) is 0 Å². The topological polar surface area (TPSA) is 80.8 Å². The molecule has 3 aromatic rings. The van der Waals surface area contributed by atoms with Crippen LogP contribution >= 0.6 is 22.9 Å². The number of carbonyl (C=O) groups excluding carboxylic acids is 2. The van der Waals surface area contributed by atoms with Crippen LogP contribution < -0.4 is 10.1 Å². The first kappa shape index (κ1) is 23.2. The summed E-state index contributed by atoms with van der Waals surface area (Å²) < 4.78 is 11.0. The van der Waals surface area contributed by atoms with Crippen molar-refractivity contribution in [3.8, 4) is 5.75 Å². The molecule has 0 bridgehead atoms. The number of anilines is 1. The fourth-order valence-electron chi connectivity index (χ4n) is 3.47. The van der Waals surface area contributed by atoms with Crippen LogP contribution in [0, 0.1) is 6.92 Å². The Hall–Kier alpha value is -2.94. The maximum atomic E-state index is 12.9. The molecule has 1 N–H and O–H groups in total. The molecule has 0 atom stereocenters. The quantitative estimate of drug-likeness (QED) is 0.538. The SMILES string of the molecule is Cc1c(NC(=O)Cc2csc(COc3ccc(Cl)cc3)n2)cccc1C(=O)N1CCOCC1. The highest BCUT2D eigenvalue weighted by Gasteiger charge is 2.21. The second-order valence-electron chi connectivity index (χ2n) is 7.58. The lowest BCUT2D eigenvalue weighted by Crippen LogP contribution is -2.41. The van der Waals surface area contributed by atoms with E-state index in [4.69, 9.17) is 21.1 Å². The minimum Gasteiger partial charge on any atom is -0.486 e. The summed E-state index contributed by atoms with van der Waals surface area (Å²) in [7, 11) is 0. The van der Waals surface area contributed by atoms with Crippen molar-refractivity contribution in [3.05, 3.63) is 74.7 Å². The number of morpholine rings is 1. The number of amides is 2. The molecule has 4 rings (SSSR count). The minimum absolute atomic E-state index is 0.0447. The zero-order valence-corrected chi connectivity index (χ0v) is 19.7. The van der Waals surface area contributed by atoms with Crippen LogP contribution in [0.2, 0.25) is 5.02 Å². The minimum atomic E-state index is -0.190. The van der Waals surface area contributed by atoms with E-state index in [1.165, 1.54) is 11.3 Å². The predicted octanol–water partition coefficient (Wildman–Crippen LogP) is 4.34. The lowest BCUT2D eigenvalue weighted by Gasteiger charge is -2.27. The van der Waals surface area contributed by atoms with Crippen LogP contribution in [-0.4, -0.2) is 48.0 Å². The summed E-state index contributed by atoms with van der Waals surface area (Å²) in [6.45, 7) is 4.39. The summed E-state index contributed by atoms with van der Waals surface area (Å²) in [5, 5.41) is 6.20. The molecule has 0 radical (unpaired) electrons. The Kier molecular flexibility index (Phi) is 7.59. The summed E-state index contributed by atoms with van der Waals surface area (Å²) in [5.74, 6) is 0.470. The Morgan fingerprint density at radius 1 is 1.18 bits per heavy atom. The van der Waals surface area contributed by atoms with Gasteiger partial charge in [0.25, 0.3) is 5.91 Å². The number of thiazole rings is 1. The third-order valence-corrected chi connectivity index (χ3v) is 6.38. The van der Waals surface area contributed by atoms with E-state index in [0.717, 1.165) is 10.6 Å². The molecule has 0 aliphatic carbocycles. The van der Waals surface area contributed by atoms with E-state index in [0.29, 0.717) is 60.6 Å². The number of halogens is 1. The second-order valence-corrected chi connectivity index (χ2v) is 8.96. The van der Waals surface area contributed by atoms with E-state index in [2.05, 4.69) is 10.3 Å². The second kappa shape index (κ2) is 10.8. The predicted molar refractivity (Wildman–Crippen MR) is 128 cm³/mol. The highest BCUT2D eigenvalue weighted by atomic mass is 35.5. The van der Waals surface area contributed by atoms with Crippen LogP contribution in [0.1, 0.15) is 26.6 Å². The average Bonchev–Trinajstić information content (AvgIpc) is 3.27. The first-order chi connectivity index (χ1) is 16.0. The fraction of sp³-hybridized carbons (Fsp3) is 0.292. The number of rotatable bonds is 7. The van der Waals surface area contributed by atoms with E-state index in [-0.39, 0.29) is 18.2 Å². The van der Waals surface area contributed by atoms with Crippen molar-refractivity contribution in [2.45, 2.75) is 20.0 Å². The maximum Gasteiger partial charge on any atom is 0.254 e. The first-order valence-corrected chi connectivity index (χ1v) is 11.8. The fourth-order valence-corrected chi connectivity index (χ4v) is 4.30. The maximum absolute atomic E-state index is 12.9. The van der Waals surface area contributed by atoms with Gasteiger partial charge in [0.2, 0.25) is 5.91 Å². The zero-order valence-electron chi connectivity index (χ0n) is 18.2. The standard InChI is InChI=1S/C24H24ClN3O4S/c1-16-20(24(30)28-9-11-31-12-10-28)3-2-4-21(16)27-22(29)13-18-15-33-23(26-18)14-32-19-7-5-17(25)6-8-19/h2-8,15H,9-14H2,1H3,(H,27,29). The molecule has 1 saturated heterocycles. The number of hydrogen-bond acceptors (Lipinski definition) is 6. The van der Waals surface area contributed by atoms with Crippen LogP contribution in [0.4, 0.5) is 5.69 Å².